The van der Waals surface area contributed by atoms with Crippen molar-refractivity contribution in [1.82, 2.24) is 5.32 Å². The van der Waals surface area contributed by atoms with E-state index < -0.39 is 0 Å². The molecule has 1 aromatic carbocycles. The predicted molar refractivity (Wildman–Crippen MR) is 80.7 cm³/mol. The number of hydrogen-bond acceptors (Lipinski definition) is 3. The summed E-state index contributed by atoms with van der Waals surface area (Å²) in [6.45, 7) is 5.91. The first-order valence-corrected chi connectivity index (χ1v) is 7.40. The van der Waals surface area contributed by atoms with Gasteiger partial charge in [0.15, 0.2) is 0 Å². The minimum absolute atomic E-state index is 0.175. The summed E-state index contributed by atoms with van der Waals surface area (Å²) in [5, 5.41) is 3.40. The molecule has 1 aromatic rings. The molecular weight excluding hydrogens is 255 g/mol. The molecule has 2 atom stereocenters. The van der Waals surface area contributed by atoms with Crippen LogP contribution in [0.5, 0.6) is 0 Å². The van der Waals surface area contributed by atoms with Crippen molar-refractivity contribution in [1.29, 1.82) is 0 Å². The lowest BCUT2D eigenvalue weighted by atomic mass is 10.1. The topological polar surface area (TPSA) is 24.5 Å². The van der Waals surface area contributed by atoms with Gasteiger partial charge >= 0.3 is 0 Å². The summed E-state index contributed by atoms with van der Waals surface area (Å²) in [4.78, 5) is 1.94. The van der Waals surface area contributed by atoms with Crippen molar-refractivity contribution in [2.45, 2.75) is 44.9 Å². The van der Waals surface area contributed by atoms with Gasteiger partial charge in [-0.3, -0.25) is 0 Å². The van der Waals surface area contributed by atoms with Crippen LogP contribution >= 0.6 is 0 Å². The van der Waals surface area contributed by atoms with E-state index in [1.54, 1.807) is 6.07 Å². The molecular formula is C16H25FN2O. The average molecular weight is 280 g/mol. The second-order valence-electron chi connectivity index (χ2n) is 5.85. The molecule has 1 N–H and O–H groups in total. The van der Waals surface area contributed by atoms with E-state index >= 15 is 0 Å². The maximum absolute atomic E-state index is 13.7. The van der Waals surface area contributed by atoms with E-state index in [1.165, 1.54) is 6.07 Å². The summed E-state index contributed by atoms with van der Waals surface area (Å²) in [6, 6.07) is 7.36. The molecule has 1 fully saturated rings. The SMILES string of the molecule is CC(C)NCC1CCC(CN(C)c2ccccc2F)O1. The molecule has 20 heavy (non-hydrogen) atoms. The number of rotatable bonds is 6. The van der Waals surface area contributed by atoms with Gasteiger partial charge in [-0.25, -0.2) is 4.39 Å². The maximum atomic E-state index is 13.7. The highest BCUT2D eigenvalue weighted by atomic mass is 19.1. The van der Waals surface area contributed by atoms with E-state index in [0.717, 1.165) is 25.9 Å². The predicted octanol–water partition coefficient (Wildman–Crippen LogP) is 2.81. The fourth-order valence-electron chi connectivity index (χ4n) is 2.60. The first-order chi connectivity index (χ1) is 9.56. The van der Waals surface area contributed by atoms with Gasteiger partial charge in [-0.15, -0.1) is 0 Å². The zero-order chi connectivity index (χ0) is 14.5. The monoisotopic (exact) mass is 280 g/mol. The first kappa shape index (κ1) is 15.3. The number of benzene rings is 1. The Bertz CT molecular complexity index is 425. The number of nitrogens with one attached hydrogen (secondary N) is 1. The van der Waals surface area contributed by atoms with E-state index in [9.17, 15) is 4.39 Å². The number of halogens is 1. The number of ether oxygens (including phenoxy) is 1. The van der Waals surface area contributed by atoms with Crippen LogP contribution in [0, 0.1) is 5.82 Å². The van der Waals surface area contributed by atoms with Gasteiger partial charge in [0.25, 0.3) is 0 Å². The third kappa shape index (κ3) is 4.18. The molecule has 112 valence electrons. The van der Waals surface area contributed by atoms with Gasteiger partial charge < -0.3 is 15.0 Å². The fourth-order valence-corrected chi connectivity index (χ4v) is 2.60. The fraction of sp³-hybridized carbons (Fsp3) is 0.625. The highest BCUT2D eigenvalue weighted by molar-refractivity contribution is 5.46. The molecule has 1 aliphatic heterocycles. The van der Waals surface area contributed by atoms with Crippen LogP contribution in [0.3, 0.4) is 0 Å². The van der Waals surface area contributed by atoms with Gasteiger partial charge in [-0.2, -0.15) is 0 Å². The zero-order valence-corrected chi connectivity index (χ0v) is 12.6. The van der Waals surface area contributed by atoms with Gasteiger partial charge in [0.2, 0.25) is 0 Å². The number of nitrogens with zero attached hydrogens (tertiary/aromatic N) is 1. The first-order valence-electron chi connectivity index (χ1n) is 7.40. The molecule has 1 heterocycles. The molecule has 0 amide bonds. The Morgan fingerprint density at radius 3 is 2.70 bits per heavy atom. The Balaban J connectivity index is 1.81. The lowest BCUT2D eigenvalue weighted by Gasteiger charge is -2.24. The van der Waals surface area contributed by atoms with Crippen molar-refractivity contribution in [3.8, 4) is 0 Å². The van der Waals surface area contributed by atoms with E-state index in [0.29, 0.717) is 11.7 Å². The van der Waals surface area contributed by atoms with Gasteiger partial charge in [0.1, 0.15) is 5.82 Å². The molecule has 0 spiro atoms. The number of anilines is 1. The molecule has 0 aromatic heterocycles. The van der Waals surface area contributed by atoms with Crippen LogP contribution < -0.4 is 10.2 Å². The summed E-state index contributed by atoms with van der Waals surface area (Å²) in [6.07, 6.45) is 2.61. The molecule has 0 aliphatic carbocycles. The summed E-state index contributed by atoms with van der Waals surface area (Å²) in [5.74, 6) is -0.175. The van der Waals surface area contributed by atoms with Crippen molar-refractivity contribution in [2.24, 2.45) is 0 Å². The molecule has 2 rings (SSSR count). The lowest BCUT2D eigenvalue weighted by molar-refractivity contribution is 0.0489. The molecule has 0 radical (unpaired) electrons. The second kappa shape index (κ2) is 7.04. The van der Waals surface area contributed by atoms with E-state index in [4.69, 9.17) is 4.74 Å². The highest BCUT2D eigenvalue weighted by Crippen LogP contribution is 2.23. The van der Waals surface area contributed by atoms with Crippen molar-refractivity contribution < 1.29 is 9.13 Å². The van der Waals surface area contributed by atoms with Crippen LogP contribution in [-0.2, 0) is 4.74 Å². The molecule has 0 bridgehead atoms. The largest absolute Gasteiger partial charge is 0.372 e. The number of hydrogen-bond donors (Lipinski definition) is 1. The molecule has 4 heteroatoms. The van der Waals surface area contributed by atoms with Crippen LogP contribution in [0.25, 0.3) is 0 Å². The molecule has 0 saturated carbocycles. The third-order valence-corrected chi connectivity index (χ3v) is 3.69. The van der Waals surface area contributed by atoms with Crippen molar-refractivity contribution >= 4 is 5.69 Å². The van der Waals surface area contributed by atoms with E-state index in [-0.39, 0.29) is 18.0 Å². The Morgan fingerprint density at radius 2 is 2.00 bits per heavy atom. The lowest BCUT2D eigenvalue weighted by Crippen LogP contribution is -2.34. The highest BCUT2D eigenvalue weighted by Gasteiger charge is 2.26. The normalized spacial score (nSPS) is 22.4. The summed E-state index contributed by atoms with van der Waals surface area (Å²) < 4.78 is 19.7. The van der Waals surface area contributed by atoms with Gasteiger partial charge in [-0.05, 0) is 25.0 Å². The van der Waals surface area contributed by atoms with Crippen molar-refractivity contribution in [2.75, 3.05) is 25.0 Å². The maximum Gasteiger partial charge on any atom is 0.146 e. The molecule has 3 nitrogen and oxygen atoms in total. The second-order valence-corrected chi connectivity index (χ2v) is 5.85. The van der Waals surface area contributed by atoms with Crippen LogP contribution in [0.2, 0.25) is 0 Å². The quantitative estimate of drug-likeness (QED) is 0.867. The van der Waals surface area contributed by atoms with Crippen LogP contribution in [0.15, 0.2) is 24.3 Å². The van der Waals surface area contributed by atoms with Crippen LogP contribution in [0.4, 0.5) is 10.1 Å². The summed E-state index contributed by atoms with van der Waals surface area (Å²) in [5.41, 5.74) is 0.639. The third-order valence-electron chi connectivity index (χ3n) is 3.69. The minimum Gasteiger partial charge on any atom is -0.372 e. The Hall–Kier alpha value is -1.13. The smallest absolute Gasteiger partial charge is 0.146 e. The molecule has 1 saturated heterocycles. The van der Waals surface area contributed by atoms with Crippen LogP contribution in [-0.4, -0.2) is 38.4 Å². The Morgan fingerprint density at radius 1 is 1.30 bits per heavy atom. The Kier molecular flexibility index (Phi) is 5.38. The van der Waals surface area contributed by atoms with Crippen molar-refractivity contribution in [3.05, 3.63) is 30.1 Å². The minimum atomic E-state index is -0.175. The zero-order valence-electron chi connectivity index (χ0n) is 12.6. The van der Waals surface area contributed by atoms with Crippen LogP contribution in [0.1, 0.15) is 26.7 Å². The van der Waals surface area contributed by atoms with E-state index in [1.807, 2.05) is 24.1 Å². The standard InChI is InChI=1S/C16H25FN2O/c1-12(2)18-10-13-8-9-14(20-13)11-19(3)16-7-5-4-6-15(16)17/h4-7,12-14,18H,8-11H2,1-3H3. The Labute approximate surface area is 121 Å². The summed E-state index contributed by atoms with van der Waals surface area (Å²) >= 11 is 0. The van der Waals surface area contributed by atoms with Crippen molar-refractivity contribution in [3.63, 3.8) is 0 Å². The van der Waals surface area contributed by atoms with E-state index in [2.05, 4.69) is 19.2 Å². The van der Waals surface area contributed by atoms with Gasteiger partial charge in [-0.1, -0.05) is 26.0 Å². The summed E-state index contributed by atoms with van der Waals surface area (Å²) in [7, 11) is 1.92. The number of likely N-dealkylation sites (N-methyl/N-ethyl adjacent to an activating group) is 1. The molecule has 2 unspecified atom stereocenters. The van der Waals surface area contributed by atoms with Gasteiger partial charge in [0, 0.05) is 26.2 Å². The molecule has 1 aliphatic rings. The van der Waals surface area contributed by atoms with Gasteiger partial charge in [0.05, 0.1) is 17.9 Å². The average Bonchev–Trinajstić information content (AvgIpc) is 2.84. The number of para-hydroxylation sites is 1.